The van der Waals surface area contributed by atoms with Gasteiger partial charge in [-0.3, -0.25) is 4.79 Å². The van der Waals surface area contributed by atoms with E-state index >= 15 is 0 Å². The minimum Gasteiger partial charge on any atom is -0.508 e. The highest BCUT2D eigenvalue weighted by molar-refractivity contribution is 5.95. The lowest BCUT2D eigenvalue weighted by atomic mass is 9.98. The van der Waals surface area contributed by atoms with Gasteiger partial charge in [0.1, 0.15) is 5.75 Å². The number of aromatic hydroxyl groups is 1. The Morgan fingerprint density at radius 1 is 1.53 bits per heavy atom. The third-order valence-corrected chi connectivity index (χ3v) is 3.72. The third kappa shape index (κ3) is 3.47. The van der Waals surface area contributed by atoms with E-state index in [1.807, 2.05) is 14.0 Å². The Hall–Kier alpha value is -1.55. The maximum atomic E-state index is 12.4. The summed E-state index contributed by atoms with van der Waals surface area (Å²) >= 11 is 0. The predicted molar refractivity (Wildman–Crippen MR) is 75.4 cm³/mol. The number of nitrogens with zero attached hydrogens (tertiary/aromatic N) is 1. The second-order valence-corrected chi connectivity index (χ2v) is 5.40. The Kier molecular flexibility index (Phi) is 4.43. The van der Waals surface area contributed by atoms with Crippen molar-refractivity contribution >= 4 is 5.91 Å². The molecule has 1 fully saturated rings. The van der Waals surface area contributed by atoms with Crippen LogP contribution >= 0.6 is 0 Å². The molecule has 1 aliphatic rings. The predicted octanol–water partition coefficient (Wildman–Crippen LogP) is 1.77. The fourth-order valence-electron chi connectivity index (χ4n) is 2.64. The van der Waals surface area contributed by atoms with Crippen molar-refractivity contribution in [3.63, 3.8) is 0 Å². The average Bonchev–Trinajstić information content (AvgIpc) is 2.39. The van der Waals surface area contributed by atoms with Gasteiger partial charge < -0.3 is 15.3 Å². The van der Waals surface area contributed by atoms with Gasteiger partial charge in [-0.2, -0.15) is 0 Å². The first kappa shape index (κ1) is 13.9. The minimum absolute atomic E-state index is 0.0306. The molecule has 1 saturated heterocycles. The van der Waals surface area contributed by atoms with Crippen LogP contribution in [0.1, 0.15) is 28.8 Å². The first-order valence-electron chi connectivity index (χ1n) is 6.83. The number of amides is 1. The first-order chi connectivity index (χ1) is 9.08. The van der Waals surface area contributed by atoms with Gasteiger partial charge in [0.25, 0.3) is 5.91 Å². The quantitative estimate of drug-likeness (QED) is 0.873. The van der Waals surface area contributed by atoms with Gasteiger partial charge in [-0.15, -0.1) is 0 Å². The summed E-state index contributed by atoms with van der Waals surface area (Å²) < 4.78 is 0. The first-order valence-corrected chi connectivity index (χ1v) is 6.83. The maximum Gasteiger partial charge on any atom is 0.253 e. The van der Waals surface area contributed by atoms with E-state index < -0.39 is 0 Å². The van der Waals surface area contributed by atoms with Crippen molar-refractivity contribution in [3.05, 3.63) is 29.3 Å². The van der Waals surface area contributed by atoms with Crippen LogP contribution in [0.2, 0.25) is 0 Å². The zero-order chi connectivity index (χ0) is 13.8. The maximum absolute atomic E-state index is 12.4. The number of hydrogen-bond donors (Lipinski definition) is 2. The molecule has 2 rings (SSSR count). The fourth-order valence-corrected chi connectivity index (χ4v) is 2.64. The molecule has 4 nitrogen and oxygen atoms in total. The molecule has 0 radical (unpaired) electrons. The normalized spacial score (nSPS) is 19.2. The summed E-state index contributed by atoms with van der Waals surface area (Å²) in [4.78, 5) is 14.2. The molecule has 1 heterocycles. The van der Waals surface area contributed by atoms with E-state index in [0.29, 0.717) is 11.5 Å². The molecule has 1 aliphatic heterocycles. The molecule has 4 heteroatoms. The number of piperidine rings is 1. The van der Waals surface area contributed by atoms with E-state index in [9.17, 15) is 9.90 Å². The van der Waals surface area contributed by atoms with Crippen LogP contribution in [0.3, 0.4) is 0 Å². The van der Waals surface area contributed by atoms with Crippen molar-refractivity contribution in [2.45, 2.75) is 19.8 Å². The molecule has 0 bridgehead atoms. The number of carbonyl (C=O) groups is 1. The SMILES string of the molecule is Cc1cc(O)ccc1C(=O)N(C)CC1CCCNC1. The summed E-state index contributed by atoms with van der Waals surface area (Å²) in [6.45, 7) is 4.71. The summed E-state index contributed by atoms with van der Waals surface area (Å²) in [5.41, 5.74) is 1.49. The number of carbonyl (C=O) groups excluding carboxylic acids is 1. The highest BCUT2D eigenvalue weighted by Crippen LogP contribution is 2.18. The fraction of sp³-hybridized carbons (Fsp3) is 0.533. The molecule has 19 heavy (non-hydrogen) atoms. The van der Waals surface area contributed by atoms with E-state index in [0.717, 1.165) is 25.2 Å². The second kappa shape index (κ2) is 6.06. The van der Waals surface area contributed by atoms with Gasteiger partial charge in [-0.1, -0.05) is 0 Å². The molecule has 1 aromatic rings. The van der Waals surface area contributed by atoms with Crippen molar-refractivity contribution in [1.29, 1.82) is 0 Å². The van der Waals surface area contributed by atoms with Crippen molar-refractivity contribution in [3.8, 4) is 5.75 Å². The molecule has 2 N–H and O–H groups in total. The van der Waals surface area contributed by atoms with Crippen LogP contribution in [-0.4, -0.2) is 42.6 Å². The van der Waals surface area contributed by atoms with Gasteiger partial charge in [0, 0.05) is 19.2 Å². The van der Waals surface area contributed by atoms with Crippen molar-refractivity contribution < 1.29 is 9.90 Å². The molecule has 0 saturated carbocycles. The molecule has 104 valence electrons. The summed E-state index contributed by atoms with van der Waals surface area (Å²) in [6, 6.07) is 4.89. The summed E-state index contributed by atoms with van der Waals surface area (Å²) in [5, 5.41) is 12.8. The van der Waals surface area contributed by atoms with E-state index in [4.69, 9.17) is 0 Å². The van der Waals surface area contributed by atoms with Crippen LogP contribution in [0.4, 0.5) is 0 Å². The van der Waals surface area contributed by atoms with Crippen LogP contribution < -0.4 is 5.32 Å². The van der Waals surface area contributed by atoms with Crippen molar-refractivity contribution in [2.75, 3.05) is 26.7 Å². The number of aryl methyl sites for hydroxylation is 1. The van der Waals surface area contributed by atoms with Gasteiger partial charge in [-0.25, -0.2) is 0 Å². The molecule has 1 amide bonds. The van der Waals surface area contributed by atoms with Gasteiger partial charge in [0.15, 0.2) is 0 Å². The standard InChI is InChI=1S/C15H22N2O2/c1-11-8-13(18)5-6-14(11)15(19)17(2)10-12-4-3-7-16-9-12/h5-6,8,12,16,18H,3-4,7,9-10H2,1-2H3. The van der Waals surface area contributed by atoms with E-state index in [2.05, 4.69) is 5.32 Å². The molecule has 1 atom stereocenters. The molecule has 1 aromatic carbocycles. The average molecular weight is 262 g/mol. The highest BCUT2D eigenvalue weighted by atomic mass is 16.3. The lowest BCUT2D eigenvalue weighted by molar-refractivity contribution is 0.0764. The Bertz CT molecular complexity index is 453. The highest BCUT2D eigenvalue weighted by Gasteiger charge is 2.20. The van der Waals surface area contributed by atoms with Crippen LogP contribution in [0.5, 0.6) is 5.75 Å². The number of nitrogens with one attached hydrogen (secondary N) is 1. The molecule has 1 unspecified atom stereocenters. The Labute approximate surface area is 114 Å². The van der Waals surface area contributed by atoms with E-state index in [1.165, 1.54) is 12.8 Å². The third-order valence-electron chi connectivity index (χ3n) is 3.72. The molecule has 0 aliphatic carbocycles. The Morgan fingerprint density at radius 3 is 2.95 bits per heavy atom. The lowest BCUT2D eigenvalue weighted by Crippen LogP contribution is -2.39. The van der Waals surface area contributed by atoms with Crippen LogP contribution in [0, 0.1) is 12.8 Å². The van der Waals surface area contributed by atoms with Crippen molar-refractivity contribution in [2.24, 2.45) is 5.92 Å². The Morgan fingerprint density at radius 2 is 2.32 bits per heavy atom. The zero-order valence-corrected chi connectivity index (χ0v) is 11.6. The number of rotatable bonds is 3. The minimum atomic E-state index is 0.0306. The topological polar surface area (TPSA) is 52.6 Å². The van der Waals surface area contributed by atoms with Crippen LogP contribution in [0.15, 0.2) is 18.2 Å². The van der Waals surface area contributed by atoms with Gasteiger partial charge in [0.2, 0.25) is 0 Å². The van der Waals surface area contributed by atoms with Crippen LogP contribution in [-0.2, 0) is 0 Å². The zero-order valence-electron chi connectivity index (χ0n) is 11.6. The summed E-state index contributed by atoms with van der Waals surface area (Å²) in [7, 11) is 1.85. The van der Waals surface area contributed by atoms with E-state index in [1.54, 1.807) is 23.1 Å². The Balaban J connectivity index is 2.01. The van der Waals surface area contributed by atoms with Gasteiger partial charge >= 0.3 is 0 Å². The van der Waals surface area contributed by atoms with E-state index in [-0.39, 0.29) is 11.7 Å². The van der Waals surface area contributed by atoms with Gasteiger partial charge in [-0.05, 0) is 62.5 Å². The molecule has 0 spiro atoms. The summed E-state index contributed by atoms with van der Waals surface area (Å²) in [5.74, 6) is 0.774. The largest absolute Gasteiger partial charge is 0.508 e. The second-order valence-electron chi connectivity index (χ2n) is 5.40. The lowest BCUT2D eigenvalue weighted by Gasteiger charge is -2.28. The smallest absolute Gasteiger partial charge is 0.253 e. The number of phenolic OH excluding ortho intramolecular Hbond substituents is 1. The molecule has 0 aromatic heterocycles. The number of benzene rings is 1. The van der Waals surface area contributed by atoms with Crippen molar-refractivity contribution in [1.82, 2.24) is 10.2 Å². The molecular weight excluding hydrogens is 240 g/mol. The van der Waals surface area contributed by atoms with Crippen LogP contribution in [0.25, 0.3) is 0 Å². The monoisotopic (exact) mass is 262 g/mol. The number of phenols is 1. The molecular formula is C15H22N2O2. The number of hydrogen-bond acceptors (Lipinski definition) is 3. The summed E-state index contributed by atoms with van der Waals surface area (Å²) in [6.07, 6.45) is 2.37. The van der Waals surface area contributed by atoms with Gasteiger partial charge in [0.05, 0.1) is 0 Å².